The maximum absolute atomic E-state index is 9.78. The molecule has 0 aromatic heterocycles. The van der Waals surface area contributed by atoms with Crippen LogP contribution in [-0.2, 0) is 6.54 Å². The largest absolute Gasteiger partial charge is 0.488 e. The van der Waals surface area contributed by atoms with Gasteiger partial charge in [0, 0.05) is 18.6 Å². The van der Waals surface area contributed by atoms with Crippen molar-refractivity contribution in [1.82, 2.24) is 4.90 Å². The summed E-state index contributed by atoms with van der Waals surface area (Å²) in [5.41, 5.74) is 4.19. The zero-order valence-electron chi connectivity index (χ0n) is 15.3. The van der Waals surface area contributed by atoms with Crippen molar-refractivity contribution < 1.29 is 10.0 Å². The van der Waals surface area contributed by atoms with Crippen molar-refractivity contribution in [3.8, 4) is 0 Å². The van der Waals surface area contributed by atoms with E-state index < -0.39 is 7.12 Å². The number of rotatable bonds is 5. The number of likely N-dealkylation sites (tertiary alicyclic amines) is 1. The molecule has 0 bridgehead atoms. The van der Waals surface area contributed by atoms with E-state index in [-0.39, 0.29) is 0 Å². The summed E-state index contributed by atoms with van der Waals surface area (Å²) in [6, 6.07) is 29.5. The minimum Gasteiger partial charge on any atom is -0.423 e. The number of hydrogen-bond acceptors (Lipinski definition) is 3. The summed E-state index contributed by atoms with van der Waals surface area (Å²) < 4.78 is 0. The van der Waals surface area contributed by atoms with E-state index in [1.54, 1.807) is 6.07 Å². The van der Waals surface area contributed by atoms with Gasteiger partial charge in [-0.25, -0.2) is 0 Å². The summed E-state index contributed by atoms with van der Waals surface area (Å²) in [5, 5.41) is 19.6. The Labute approximate surface area is 161 Å². The third-order valence-electron chi connectivity index (χ3n) is 5.57. The first-order valence-electron chi connectivity index (χ1n) is 9.53. The molecule has 2 atom stereocenters. The van der Waals surface area contributed by atoms with E-state index in [2.05, 4.69) is 65.6 Å². The van der Waals surface area contributed by atoms with Gasteiger partial charge in [0.05, 0.1) is 0 Å². The van der Waals surface area contributed by atoms with Crippen molar-refractivity contribution >= 4 is 12.6 Å². The molecule has 1 aliphatic rings. The van der Waals surface area contributed by atoms with Crippen LogP contribution < -0.4 is 5.46 Å². The second-order valence-corrected chi connectivity index (χ2v) is 7.18. The highest BCUT2D eigenvalue weighted by molar-refractivity contribution is 6.59. The van der Waals surface area contributed by atoms with Gasteiger partial charge in [-0.1, -0.05) is 84.9 Å². The number of benzene rings is 3. The Kier molecular flexibility index (Phi) is 5.39. The van der Waals surface area contributed by atoms with E-state index in [0.717, 1.165) is 18.4 Å². The summed E-state index contributed by atoms with van der Waals surface area (Å²) >= 11 is 0. The molecule has 3 aromatic rings. The SMILES string of the molecule is OB(O)c1ccccc1CN1[C@H](c2ccccc2)CC[C@H]1c1ccccc1. The molecule has 2 N–H and O–H groups in total. The van der Waals surface area contributed by atoms with E-state index in [9.17, 15) is 10.0 Å². The predicted octanol–water partition coefficient (Wildman–Crippen LogP) is 3.44. The first kappa shape index (κ1) is 18.0. The quantitative estimate of drug-likeness (QED) is 0.688. The first-order valence-corrected chi connectivity index (χ1v) is 9.53. The fourth-order valence-corrected chi connectivity index (χ4v) is 4.28. The van der Waals surface area contributed by atoms with Gasteiger partial charge in [-0.2, -0.15) is 0 Å². The van der Waals surface area contributed by atoms with Crippen molar-refractivity contribution in [2.75, 3.05) is 0 Å². The average molecular weight is 357 g/mol. The Bertz CT molecular complexity index is 822. The average Bonchev–Trinajstić information content (AvgIpc) is 3.13. The molecule has 0 radical (unpaired) electrons. The van der Waals surface area contributed by atoms with Gasteiger partial charge in [0.2, 0.25) is 0 Å². The molecular weight excluding hydrogens is 333 g/mol. The lowest BCUT2D eigenvalue weighted by Gasteiger charge is -2.31. The van der Waals surface area contributed by atoms with Crippen LogP contribution in [0.15, 0.2) is 84.9 Å². The molecule has 136 valence electrons. The third-order valence-corrected chi connectivity index (χ3v) is 5.57. The van der Waals surface area contributed by atoms with Crippen LogP contribution in [0.1, 0.15) is 41.6 Å². The summed E-state index contributed by atoms with van der Waals surface area (Å²) in [6.45, 7) is 0.687. The Hall–Kier alpha value is -2.40. The van der Waals surface area contributed by atoms with E-state index in [1.165, 1.54) is 11.1 Å². The Morgan fingerprint density at radius 3 is 1.70 bits per heavy atom. The lowest BCUT2D eigenvalue weighted by molar-refractivity contribution is 0.185. The second kappa shape index (κ2) is 8.09. The van der Waals surface area contributed by atoms with E-state index in [0.29, 0.717) is 24.1 Å². The van der Waals surface area contributed by atoms with E-state index in [1.807, 2.05) is 18.2 Å². The minimum atomic E-state index is -1.45. The third kappa shape index (κ3) is 3.83. The molecule has 1 aliphatic heterocycles. The fraction of sp³-hybridized carbons (Fsp3) is 0.217. The molecule has 3 nitrogen and oxygen atoms in total. The van der Waals surface area contributed by atoms with Crippen LogP contribution in [0, 0.1) is 0 Å². The van der Waals surface area contributed by atoms with Crippen LogP contribution in [0.5, 0.6) is 0 Å². The Morgan fingerprint density at radius 1 is 0.704 bits per heavy atom. The van der Waals surface area contributed by atoms with Gasteiger partial charge in [-0.05, 0) is 35.0 Å². The van der Waals surface area contributed by atoms with Crippen molar-refractivity contribution in [2.24, 2.45) is 0 Å². The fourth-order valence-electron chi connectivity index (χ4n) is 4.28. The molecule has 0 aliphatic carbocycles. The lowest BCUT2D eigenvalue weighted by atomic mass is 9.77. The second-order valence-electron chi connectivity index (χ2n) is 7.18. The van der Waals surface area contributed by atoms with Gasteiger partial charge in [-0.15, -0.1) is 0 Å². The summed E-state index contributed by atoms with van der Waals surface area (Å²) in [6.07, 6.45) is 2.18. The van der Waals surface area contributed by atoms with Crippen LogP contribution in [0.2, 0.25) is 0 Å². The van der Waals surface area contributed by atoms with Crippen molar-refractivity contribution in [3.63, 3.8) is 0 Å². The molecule has 1 heterocycles. The number of hydrogen-bond donors (Lipinski definition) is 2. The monoisotopic (exact) mass is 357 g/mol. The molecule has 0 unspecified atom stereocenters. The standard InChI is InChI=1S/C23H24BNO2/c26-24(27)21-14-8-7-13-20(21)17-25-22(18-9-3-1-4-10-18)15-16-23(25)19-11-5-2-6-12-19/h1-14,22-23,26-27H,15-17H2/t22-,23-/m0/s1. The zero-order chi connectivity index (χ0) is 18.6. The summed E-state index contributed by atoms with van der Waals surface area (Å²) in [5.74, 6) is 0. The topological polar surface area (TPSA) is 43.7 Å². The molecule has 0 spiro atoms. The summed E-state index contributed by atoms with van der Waals surface area (Å²) in [4.78, 5) is 2.51. The predicted molar refractivity (Wildman–Crippen MR) is 109 cm³/mol. The molecule has 1 saturated heterocycles. The maximum Gasteiger partial charge on any atom is 0.488 e. The molecule has 27 heavy (non-hydrogen) atoms. The van der Waals surface area contributed by atoms with Gasteiger partial charge < -0.3 is 10.0 Å². The molecule has 4 rings (SSSR count). The van der Waals surface area contributed by atoms with Crippen LogP contribution in [0.4, 0.5) is 0 Å². The van der Waals surface area contributed by atoms with Crippen molar-refractivity contribution in [1.29, 1.82) is 0 Å². The first-order chi connectivity index (χ1) is 13.2. The molecule has 1 fully saturated rings. The highest BCUT2D eigenvalue weighted by Gasteiger charge is 2.35. The minimum absolute atomic E-state index is 0.320. The highest BCUT2D eigenvalue weighted by atomic mass is 16.4. The van der Waals surface area contributed by atoms with E-state index >= 15 is 0 Å². The van der Waals surface area contributed by atoms with Gasteiger partial charge in [0.15, 0.2) is 0 Å². The Balaban J connectivity index is 1.71. The Morgan fingerprint density at radius 2 is 1.19 bits per heavy atom. The zero-order valence-corrected chi connectivity index (χ0v) is 15.3. The van der Waals surface area contributed by atoms with Crippen LogP contribution >= 0.6 is 0 Å². The number of nitrogens with zero attached hydrogens (tertiary/aromatic N) is 1. The highest BCUT2D eigenvalue weighted by Crippen LogP contribution is 2.44. The van der Waals surface area contributed by atoms with Gasteiger partial charge in [0.25, 0.3) is 0 Å². The van der Waals surface area contributed by atoms with Crippen molar-refractivity contribution in [2.45, 2.75) is 31.5 Å². The normalized spacial score (nSPS) is 19.9. The van der Waals surface area contributed by atoms with E-state index in [4.69, 9.17) is 0 Å². The lowest BCUT2D eigenvalue weighted by Crippen LogP contribution is -2.36. The van der Waals surface area contributed by atoms with Crippen molar-refractivity contribution in [3.05, 3.63) is 102 Å². The molecule has 0 amide bonds. The molecular formula is C23H24BNO2. The van der Waals surface area contributed by atoms with Crippen LogP contribution in [0.25, 0.3) is 0 Å². The molecule has 4 heteroatoms. The van der Waals surface area contributed by atoms with Crippen LogP contribution in [-0.4, -0.2) is 22.1 Å². The smallest absolute Gasteiger partial charge is 0.423 e. The maximum atomic E-state index is 9.78. The van der Waals surface area contributed by atoms with Crippen LogP contribution in [0.3, 0.4) is 0 Å². The summed E-state index contributed by atoms with van der Waals surface area (Å²) in [7, 11) is -1.45. The van der Waals surface area contributed by atoms with Gasteiger partial charge in [0.1, 0.15) is 0 Å². The van der Waals surface area contributed by atoms with Gasteiger partial charge >= 0.3 is 7.12 Å². The molecule has 0 saturated carbocycles. The molecule has 3 aromatic carbocycles. The van der Waals surface area contributed by atoms with Gasteiger partial charge in [-0.3, -0.25) is 4.90 Å².